The minimum atomic E-state index is 0. The van der Waals surface area contributed by atoms with Crippen molar-refractivity contribution in [1.29, 1.82) is 0 Å². The highest BCUT2D eigenvalue weighted by atomic mass is 35.5. The number of rotatable bonds is 6. The number of piperidine rings is 1. The number of nitrogens with one attached hydrogen (secondary N) is 2. The Hall–Kier alpha value is -0.720. The summed E-state index contributed by atoms with van der Waals surface area (Å²) in [5.74, 6) is 0.717. The van der Waals surface area contributed by atoms with Crippen LogP contribution in [0.25, 0.3) is 0 Å². The molecule has 5 nitrogen and oxygen atoms in total. The summed E-state index contributed by atoms with van der Waals surface area (Å²) in [5.41, 5.74) is 0.709. The number of halogens is 3. The first-order chi connectivity index (χ1) is 10.6. The number of carbonyl (C=O) groups excluding carboxylic acids is 1. The molecule has 1 amide bonds. The van der Waals surface area contributed by atoms with Crippen LogP contribution < -0.4 is 15.4 Å². The fraction of sp³-hybridized carbons (Fsp3) is 0.562. The molecular formula is C16H26Cl3N3O2. The number of ether oxygens (including phenoxy) is 1. The standard InChI is InChI=1S/C16H24ClN3O2.2ClH/c1-20(2)8-9-22-15-6-5-13(10-14(15)17)19-16(21)12-4-3-7-18-11-12;;/h5-6,10,12,18H,3-4,7-9,11H2,1-2H3,(H,19,21);2*1H. The van der Waals surface area contributed by atoms with Crippen LogP contribution in [0.3, 0.4) is 0 Å². The molecular weight excluding hydrogens is 373 g/mol. The molecule has 1 aromatic rings. The van der Waals surface area contributed by atoms with Gasteiger partial charge in [0.15, 0.2) is 0 Å². The van der Waals surface area contributed by atoms with E-state index in [0.717, 1.165) is 32.5 Å². The van der Waals surface area contributed by atoms with Gasteiger partial charge < -0.3 is 20.3 Å². The predicted octanol–water partition coefficient (Wildman–Crippen LogP) is 3.06. The van der Waals surface area contributed by atoms with E-state index in [9.17, 15) is 4.79 Å². The molecule has 0 spiro atoms. The van der Waals surface area contributed by atoms with E-state index < -0.39 is 0 Å². The molecule has 2 N–H and O–H groups in total. The van der Waals surface area contributed by atoms with Crippen LogP contribution in [0.15, 0.2) is 18.2 Å². The number of likely N-dealkylation sites (N-methyl/N-ethyl adjacent to an activating group) is 1. The van der Waals surface area contributed by atoms with Crippen LogP contribution in [0, 0.1) is 5.92 Å². The van der Waals surface area contributed by atoms with Crippen molar-refractivity contribution in [3.8, 4) is 5.75 Å². The van der Waals surface area contributed by atoms with Gasteiger partial charge in [0.25, 0.3) is 0 Å². The zero-order valence-corrected chi connectivity index (χ0v) is 16.4. The number of benzene rings is 1. The summed E-state index contributed by atoms with van der Waals surface area (Å²) in [6, 6.07) is 5.36. The molecule has 24 heavy (non-hydrogen) atoms. The topological polar surface area (TPSA) is 53.6 Å². The Morgan fingerprint density at radius 1 is 1.42 bits per heavy atom. The Balaban J connectivity index is 0.00000264. The lowest BCUT2D eigenvalue weighted by Crippen LogP contribution is -2.37. The first-order valence-electron chi connectivity index (χ1n) is 7.65. The number of amides is 1. The Bertz CT molecular complexity index is 509. The summed E-state index contributed by atoms with van der Waals surface area (Å²) in [4.78, 5) is 14.2. The van der Waals surface area contributed by atoms with Crippen LogP contribution in [0.2, 0.25) is 5.02 Å². The molecule has 1 atom stereocenters. The van der Waals surface area contributed by atoms with E-state index in [4.69, 9.17) is 16.3 Å². The first-order valence-corrected chi connectivity index (χ1v) is 8.02. The normalized spacial score (nSPS) is 16.8. The van der Waals surface area contributed by atoms with Crippen molar-refractivity contribution in [1.82, 2.24) is 10.2 Å². The zero-order valence-electron chi connectivity index (χ0n) is 14.0. The Labute approximate surface area is 161 Å². The lowest BCUT2D eigenvalue weighted by Gasteiger charge is -2.22. The second-order valence-corrected chi connectivity index (χ2v) is 6.24. The van der Waals surface area contributed by atoms with Gasteiger partial charge in [-0.15, -0.1) is 24.8 Å². The van der Waals surface area contributed by atoms with Crippen LogP contribution in [0.4, 0.5) is 5.69 Å². The fourth-order valence-corrected chi connectivity index (χ4v) is 2.59. The summed E-state index contributed by atoms with van der Waals surface area (Å²) in [7, 11) is 3.98. The van der Waals surface area contributed by atoms with Crippen molar-refractivity contribution in [2.24, 2.45) is 5.92 Å². The van der Waals surface area contributed by atoms with Gasteiger partial charge in [0, 0.05) is 18.8 Å². The minimum Gasteiger partial charge on any atom is -0.491 e. The van der Waals surface area contributed by atoms with Crippen molar-refractivity contribution in [2.45, 2.75) is 12.8 Å². The van der Waals surface area contributed by atoms with Crippen LogP contribution in [0.5, 0.6) is 5.75 Å². The van der Waals surface area contributed by atoms with Crippen molar-refractivity contribution in [3.63, 3.8) is 0 Å². The number of nitrogens with zero attached hydrogens (tertiary/aromatic N) is 1. The lowest BCUT2D eigenvalue weighted by molar-refractivity contribution is -0.120. The van der Waals surface area contributed by atoms with E-state index in [1.807, 2.05) is 25.1 Å². The van der Waals surface area contributed by atoms with E-state index in [1.54, 1.807) is 12.1 Å². The highest BCUT2D eigenvalue weighted by Gasteiger charge is 2.21. The largest absolute Gasteiger partial charge is 0.491 e. The molecule has 1 aliphatic heterocycles. The average molecular weight is 399 g/mol. The Morgan fingerprint density at radius 2 is 2.17 bits per heavy atom. The number of hydrogen-bond donors (Lipinski definition) is 2. The highest BCUT2D eigenvalue weighted by molar-refractivity contribution is 6.32. The Morgan fingerprint density at radius 3 is 2.75 bits per heavy atom. The maximum Gasteiger partial charge on any atom is 0.228 e. The molecule has 8 heteroatoms. The number of anilines is 1. The van der Waals surface area contributed by atoms with E-state index in [0.29, 0.717) is 23.1 Å². The van der Waals surface area contributed by atoms with Crippen LogP contribution >= 0.6 is 36.4 Å². The molecule has 1 saturated heterocycles. The second-order valence-electron chi connectivity index (χ2n) is 5.83. The van der Waals surface area contributed by atoms with Gasteiger partial charge in [-0.25, -0.2) is 0 Å². The van der Waals surface area contributed by atoms with Crippen LogP contribution in [-0.4, -0.2) is 51.1 Å². The monoisotopic (exact) mass is 397 g/mol. The van der Waals surface area contributed by atoms with Gasteiger partial charge in [-0.1, -0.05) is 11.6 Å². The second kappa shape index (κ2) is 11.8. The molecule has 0 saturated carbocycles. The van der Waals surface area contributed by atoms with Gasteiger partial charge in [-0.3, -0.25) is 4.79 Å². The highest BCUT2D eigenvalue weighted by Crippen LogP contribution is 2.28. The van der Waals surface area contributed by atoms with E-state index in [2.05, 4.69) is 10.6 Å². The predicted molar refractivity (Wildman–Crippen MR) is 104 cm³/mol. The molecule has 0 radical (unpaired) electrons. The maximum atomic E-state index is 12.2. The minimum absolute atomic E-state index is 0. The van der Waals surface area contributed by atoms with Gasteiger partial charge in [0.2, 0.25) is 5.91 Å². The van der Waals surface area contributed by atoms with Gasteiger partial charge in [0.1, 0.15) is 12.4 Å². The van der Waals surface area contributed by atoms with Crippen LogP contribution in [0.1, 0.15) is 12.8 Å². The molecule has 2 rings (SSSR count). The number of carbonyl (C=O) groups is 1. The van der Waals surface area contributed by atoms with Crippen LogP contribution in [-0.2, 0) is 4.79 Å². The molecule has 1 heterocycles. The molecule has 1 aromatic carbocycles. The summed E-state index contributed by atoms with van der Waals surface area (Å²) in [5, 5.41) is 6.68. The summed E-state index contributed by atoms with van der Waals surface area (Å²) < 4.78 is 5.63. The summed E-state index contributed by atoms with van der Waals surface area (Å²) in [6.45, 7) is 3.13. The molecule has 1 fully saturated rings. The molecule has 138 valence electrons. The van der Waals surface area contributed by atoms with Crippen molar-refractivity contribution >= 4 is 48.0 Å². The zero-order chi connectivity index (χ0) is 15.9. The SMILES string of the molecule is CN(C)CCOc1ccc(NC(=O)C2CCCNC2)cc1Cl.Cl.Cl. The van der Waals surface area contributed by atoms with Gasteiger partial charge in [0.05, 0.1) is 10.9 Å². The third-order valence-corrected chi connectivity index (χ3v) is 3.96. The lowest BCUT2D eigenvalue weighted by atomic mass is 9.99. The van der Waals surface area contributed by atoms with Gasteiger partial charge in [-0.2, -0.15) is 0 Å². The quantitative estimate of drug-likeness (QED) is 0.773. The number of hydrogen-bond acceptors (Lipinski definition) is 4. The van der Waals surface area contributed by atoms with Crippen molar-refractivity contribution in [2.75, 3.05) is 45.7 Å². The average Bonchev–Trinajstić information content (AvgIpc) is 2.50. The van der Waals surface area contributed by atoms with E-state index >= 15 is 0 Å². The molecule has 1 aliphatic rings. The molecule has 1 unspecified atom stereocenters. The smallest absolute Gasteiger partial charge is 0.228 e. The van der Waals surface area contributed by atoms with E-state index in [-0.39, 0.29) is 36.6 Å². The third-order valence-electron chi connectivity index (χ3n) is 3.66. The van der Waals surface area contributed by atoms with Crippen molar-refractivity contribution < 1.29 is 9.53 Å². The fourth-order valence-electron chi connectivity index (χ4n) is 2.35. The summed E-state index contributed by atoms with van der Waals surface area (Å²) in [6.07, 6.45) is 1.97. The molecule has 0 aromatic heterocycles. The van der Waals surface area contributed by atoms with Gasteiger partial charge in [-0.05, 0) is 51.7 Å². The molecule has 0 aliphatic carbocycles. The van der Waals surface area contributed by atoms with Crippen molar-refractivity contribution in [3.05, 3.63) is 23.2 Å². The maximum absolute atomic E-state index is 12.2. The first kappa shape index (κ1) is 23.3. The van der Waals surface area contributed by atoms with Gasteiger partial charge >= 0.3 is 0 Å². The Kier molecular flexibility index (Phi) is 11.4. The third kappa shape index (κ3) is 7.45. The molecule has 0 bridgehead atoms. The van der Waals surface area contributed by atoms with E-state index in [1.165, 1.54) is 0 Å². The summed E-state index contributed by atoms with van der Waals surface area (Å²) >= 11 is 6.21.